The molecule has 0 aromatic rings. The van der Waals surface area contributed by atoms with Gasteiger partial charge in [-0.05, 0) is 19.3 Å². The van der Waals surface area contributed by atoms with Gasteiger partial charge in [-0.2, -0.15) is 0 Å². The molecule has 0 atom stereocenters. The number of hydrogen-bond donors (Lipinski definition) is 0. The molecule has 0 spiro atoms. The van der Waals surface area contributed by atoms with Crippen molar-refractivity contribution in [3.05, 3.63) is 6.92 Å². The van der Waals surface area contributed by atoms with Crippen LogP contribution in [0.5, 0.6) is 0 Å². The predicted molar refractivity (Wildman–Crippen MR) is 35.8 cm³/mol. The number of nitrogens with zero attached hydrogens (tertiary/aromatic N) is 1. The number of carbonyl (C=O) groups excluding carboxylic acids is 1. The number of carbonyl (C=O) groups is 1. The summed E-state index contributed by atoms with van der Waals surface area (Å²) >= 11 is 0. The third kappa shape index (κ3) is 2.70. The minimum Gasteiger partial charge on any atom is -0.368 e. The van der Waals surface area contributed by atoms with Crippen LogP contribution in [0.1, 0.15) is 19.3 Å². The third-order valence-corrected chi connectivity index (χ3v) is 1.71. The Morgan fingerprint density at radius 2 is 1.70 bits per heavy atom. The molecule has 54 valence electrons. The van der Waals surface area contributed by atoms with Gasteiger partial charge in [-0.25, -0.2) is 0 Å². The molecule has 1 fully saturated rings. The summed E-state index contributed by atoms with van der Waals surface area (Å²) in [6, 6.07) is 0. The smallest absolute Gasteiger partial charge is 0.0823 e. The number of piperidine rings is 1. The zero-order valence-corrected chi connectivity index (χ0v) is 9.27. The average Bonchev–Trinajstić information content (AvgIpc) is 1.90. The maximum atomic E-state index is 10.6. The van der Waals surface area contributed by atoms with Crippen molar-refractivity contribution in [2.75, 3.05) is 13.1 Å². The van der Waals surface area contributed by atoms with Crippen molar-refractivity contribution >= 4 is 5.91 Å². The van der Waals surface area contributed by atoms with Crippen LogP contribution in [0.2, 0.25) is 0 Å². The largest absolute Gasteiger partial charge is 0.368 e. The maximum absolute atomic E-state index is 10.6. The van der Waals surface area contributed by atoms with Crippen molar-refractivity contribution in [2.45, 2.75) is 19.3 Å². The molecule has 1 saturated heterocycles. The van der Waals surface area contributed by atoms with Gasteiger partial charge in [-0.3, -0.25) is 0 Å². The molecule has 1 amide bonds. The first kappa shape index (κ1) is 9.96. The van der Waals surface area contributed by atoms with Gasteiger partial charge >= 0.3 is 0 Å². The average molecular weight is 192 g/mol. The van der Waals surface area contributed by atoms with Crippen LogP contribution in [0.25, 0.3) is 0 Å². The van der Waals surface area contributed by atoms with Gasteiger partial charge in [0.05, 0.1) is 5.91 Å². The molecule has 2 nitrogen and oxygen atoms in total. The van der Waals surface area contributed by atoms with Gasteiger partial charge in [0.2, 0.25) is 0 Å². The fourth-order valence-corrected chi connectivity index (χ4v) is 1.14. The fraction of sp³-hybridized carbons (Fsp3) is 0.714. The third-order valence-electron chi connectivity index (χ3n) is 1.71. The number of amides is 1. The van der Waals surface area contributed by atoms with Crippen molar-refractivity contribution in [2.24, 2.45) is 0 Å². The number of likely N-dealkylation sites (tertiary alicyclic amines) is 1. The predicted octanol–water partition coefficient (Wildman–Crippen LogP) is 0.830. The van der Waals surface area contributed by atoms with E-state index in [9.17, 15) is 4.79 Å². The Hall–Kier alpha value is -0.0366. The molecule has 0 N–H and O–H groups in total. The van der Waals surface area contributed by atoms with E-state index in [1.54, 1.807) is 0 Å². The van der Waals surface area contributed by atoms with Crippen LogP contribution in [-0.2, 0) is 24.3 Å². The van der Waals surface area contributed by atoms with Gasteiger partial charge in [0.15, 0.2) is 0 Å². The van der Waals surface area contributed by atoms with Crippen molar-refractivity contribution in [1.82, 2.24) is 4.90 Å². The monoisotopic (exact) mass is 190 g/mol. The van der Waals surface area contributed by atoms with E-state index in [0.29, 0.717) is 0 Å². The van der Waals surface area contributed by atoms with Crippen molar-refractivity contribution < 1.29 is 24.3 Å². The van der Waals surface area contributed by atoms with E-state index >= 15 is 0 Å². The van der Waals surface area contributed by atoms with Gasteiger partial charge < -0.3 is 16.6 Å². The van der Waals surface area contributed by atoms with E-state index in [1.165, 1.54) is 6.42 Å². The molecule has 0 radical (unpaired) electrons. The Morgan fingerprint density at radius 3 is 2.00 bits per heavy atom. The Labute approximate surface area is 74.7 Å². The zero-order valence-electron chi connectivity index (χ0n) is 6.31. The number of hydrogen-bond acceptors (Lipinski definition) is 1. The van der Waals surface area contributed by atoms with E-state index < -0.39 is 0 Å². The van der Waals surface area contributed by atoms with Gasteiger partial charge in [-0.15, -0.1) is 0 Å². The summed E-state index contributed by atoms with van der Waals surface area (Å²) in [5.41, 5.74) is 0. The zero-order chi connectivity index (χ0) is 6.69. The molecule has 0 saturated carbocycles. The first-order valence-electron chi connectivity index (χ1n) is 3.41. The SMILES string of the molecule is [CH2-]C(=O)N1CCCCC1.[Zn]. The van der Waals surface area contributed by atoms with Crippen molar-refractivity contribution in [1.29, 1.82) is 0 Å². The van der Waals surface area contributed by atoms with Crippen LogP contribution in [0.15, 0.2) is 0 Å². The molecule has 0 unspecified atom stereocenters. The molecule has 0 aromatic carbocycles. The molecule has 10 heavy (non-hydrogen) atoms. The molecule has 0 bridgehead atoms. The van der Waals surface area contributed by atoms with Crippen LogP contribution in [0, 0.1) is 6.92 Å². The standard InChI is InChI=1S/C7H12NO.Zn/c1-7(9)8-5-3-2-4-6-8;/h1-6H2;/q-1;. The van der Waals surface area contributed by atoms with E-state index in [1.807, 2.05) is 4.90 Å². The molecular weight excluding hydrogens is 179 g/mol. The summed E-state index contributed by atoms with van der Waals surface area (Å²) in [6.07, 6.45) is 3.58. The summed E-state index contributed by atoms with van der Waals surface area (Å²) in [4.78, 5) is 12.4. The molecule has 1 rings (SSSR count). The summed E-state index contributed by atoms with van der Waals surface area (Å²) in [5.74, 6) is -0.0188. The summed E-state index contributed by atoms with van der Waals surface area (Å²) in [6.45, 7) is 5.19. The normalized spacial score (nSPS) is 17.8. The quantitative estimate of drug-likeness (QED) is 0.410. The maximum Gasteiger partial charge on any atom is 0.0823 e. The van der Waals surface area contributed by atoms with E-state index in [4.69, 9.17) is 0 Å². The molecular formula is C7H12NOZn-. The fourth-order valence-electron chi connectivity index (χ4n) is 1.14. The van der Waals surface area contributed by atoms with Crippen LogP contribution < -0.4 is 0 Å². The molecule has 0 aromatic heterocycles. The van der Waals surface area contributed by atoms with Crippen LogP contribution in [0.3, 0.4) is 0 Å². The first-order valence-corrected chi connectivity index (χ1v) is 3.41. The van der Waals surface area contributed by atoms with Crippen molar-refractivity contribution in [3.8, 4) is 0 Å². The van der Waals surface area contributed by atoms with Crippen molar-refractivity contribution in [3.63, 3.8) is 0 Å². The van der Waals surface area contributed by atoms with E-state index in [2.05, 4.69) is 6.92 Å². The summed E-state index contributed by atoms with van der Waals surface area (Å²) in [5, 5.41) is 0. The molecule has 1 aliphatic rings. The second-order valence-electron chi connectivity index (χ2n) is 2.44. The van der Waals surface area contributed by atoms with Crippen LogP contribution in [0.4, 0.5) is 0 Å². The summed E-state index contributed by atoms with van der Waals surface area (Å²) < 4.78 is 0. The molecule has 1 heterocycles. The Morgan fingerprint density at radius 1 is 1.20 bits per heavy atom. The Bertz CT molecular complexity index is 110. The molecule has 1 aliphatic heterocycles. The minimum absolute atomic E-state index is 0. The molecule has 0 aliphatic carbocycles. The topological polar surface area (TPSA) is 20.3 Å². The first-order chi connectivity index (χ1) is 4.30. The number of rotatable bonds is 0. The minimum atomic E-state index is -0.0188. The van der Waals surface area contributed by atoms with Gasteiger partial charge in [0, 0.05) is 32.6 Å². The van der Waals surface area contributed by atoms with Gasteiger partial charge in [0.25, 0.3) is 0 Å². The van der Waals surface area contributed by atoms with Crippen LogP contribution >= 0.6 is 0 Å². The van der Waals surface area contributed by atoms with Crippen LogP contribution in [-0.4, -0.2) is 23.9 Å². The summed E-state index contributed by atoms with van der Waals surface area (Å²) in [7, 11) is 0. The second kappa shape index (κ2) is 4.73. The Kier molecular flexibility index (Phi) is 4.71. The van der Waals surface area contributed by atoms with Gasteiger partial charge in [-0.1, -0.05) is 0 Å². The van der Waals surface area contributed by atoms with E-state index in [-0.39, 0.29) is 25.4 Å². The van der Waals surface area contributed by atoms with E-state index in [0.717, 1.165) is 25.9 Å². The van der Waals surface area contributed by atoms with Gasteiger partial charge in [0.1, 0.15) is 0 Å². The molecule has 3 heteroatoms. The second-order valence-corrected chi connectivity index (χ2v) is 2.44. The Balaban J connectivity index is 0.000000810.